The normalized spacial score (nSPS) is 11.7. The number of hydrogen-bond acceptors (Lipinski definition) is 3. The Labute approximate surface area is 139 Å². The molecule has 2 rings (SSSR count). The Bertz CT molecular complexity index is 608. The summed E-state index contributed by atoms with van der Waals surface area (Å²) in [6.07, 6.45) is -0.861. The number of hydrogen-bond donors (Lipinski definition) is 3. The van der Waals surface area contributed by atoms with E-state index < -0.39 is 6.10 Å². The van der Waals surface area contributed by atoms with Crippen molar-refractivity contribution in [2.45, 2.75) is 11.0 Å². The molecule has 23 heavy (non-hydrogen) atoms. The molecule has 2 aromatic carbocycles. The first-order valence-corrected chi connectivity index (χ1v) is 8.27. The number of carbonyl (C=O) groups excluding carboxylic acids is 1. The fourth-order valence-electron chi connectivity index (χ4n) is 1.90. The van der Waals surface area contributed by atoms with Gasteiger partial charge in [-0.1, -0.05) is 30.3 Å². The lowest BCUT2D eigenvalue weighted by Crippen LogP contribution is -2.38. The van der Waals surface area contributed by atoms with Gasteiger partial charge >= 0.3 is 6.03 Å². The third kappa shape index (κ3) is 6.30. The van der Waals surface area contributed by atoms with Crippen molar-refractivity contribution in [1.29, 1.82) is 0 Å². The minimum Gasteiger partial charge on any atom is -0.387 e. The third-order valence-electron chi connectivity index (χ3n) is 3.11. The lowest BCUT2D eigenvalue weighted by Gasteiger charge is -2.13. The molecule has 1 atom stereocenters. The van der Waals surface area contributed by atoms with Crippen LogP contribution >= 0.6 is 11.8 Å². The first-order chi connectivity index (χ1) is 11.1. The van der Waals surface area contributed by atoms with Crippen molar-refractivity contribution in [2.75, 3.05) is 18.8 Å². The molecular formula is C17H19FN2O2S. The molecule has 0 spiro atoms. The molecule has 3 N–H and O–H groups in total. The minimum atomic E-state index is -0.861. The summed E-state index contributed by atoms with van der Waals surface area (Å²) in [5.41, 5.74) is 0.561. The number of nitrogens with one attached hydrogen (secondary N) is 2. The zero-order valence-electron chi connectivity index (χ0n) is 12.5. The maximum absolute atomic E-state index is 12.8. The third-order valence-corrected chi connectivity index (χ3v) is 4.12. The first-order valence-electron chi connectivity index (χ1n) is 7.28. The Balaban J connectivity index is 1.62. The van der Waals surface area contributed by atoms with Gasteiger partial charge in [-0.15, -0.1) is 11.8 Å². The van der Waals surface area contributed by atoms with E-state index in [1.54, 1.807) is 11.8 Å². The van der Waals surface area contributed by atoms with Crippen LogP contribution in [0.2, 0.25) is 0 Å². The molecule has 1 unspecified atom stereocenters. The van der Waals surface area contributed by atoms with Gasteiger partial charge in [0.15, 0.2) is 0 Å². The van der Waals surface area contributed by atoms with Gasteiger partial charge in [0, 0.05) is 23.7 Å². The zero-order chi connectivity index (χ0) is 16.5. The SMILES string of the molecule is O=C(NCCSc1ccccc1)NCC(O)c1ccc(F)cc1. The van der Waals surface area contributed by atoms with Gasteiger partial charge in [0.1, 0.15) is 5.82 Å². The molecule has 2 amide bonds. The Morgan fingerprint density at radius 2 is 1.78 bits per heavy atom. The van der Waals surface area contributed by atoms with Gasteiger partial charge in [-0.05, 0) is 29.8 Å². The van der Waals surface area contributed by atoms with Crippen molar-refractivity contribution in [3.63, 3.8) is 0 Å². The van der Waals surface area contributed by atoms with Crippen LogP contribution in [-0.2, 0) is 0 Å². The standard InChI is InChI=1S/C17H19FN2O2S/c18-14-8-6-13(7-9-14)16(21)12-20-17(22)19-10-11-23-15-4-2-1-3-5-15/h1-9,16,21H,10-12H2,(H2,19,20,22). The molecule has 0 aromatic heterocycles. The Morgan fingerprint density at radius 1 is 1.09 bits per heavy atom. The Hall–Kier alpha value is -2.05. The van der Waals surface area contributed by atoms with Crippen LogP contribution in [0, 0.1) is 5.82 Å². The quantitative estimate of drug-likeness (QED) is 0.539. The zero-order valence-corrected chi connectivity index (χ0v) is 13.4. The molecule has 0 saturated heterocycles. The lowest BCUT2D eigenvalue weighted by molar-refractivity contribution is 0.173. The van der Waals surface area contributed by atoms with Crippen LogP contribution in [-0.4, -0.2) is 30.0 Å². The van der Waals surface area contributed by atoms with Crippen molar-refractivity contribution >= 4 is 17.8 Å². The highest BCUT2D eigenvalue weighted by Gasteiger charge is 2.09. The summed E-state index contributed by atoms with van der Waals surface area (Å²) >= 11 is 1.66. The van der Waals surface area contributed by atoms with E-state index in [9.17, 15) is 14.3 Å². The molecule has 6 heteroatoms. The van der Waals surface area contributed by atoms with Gasteiger partial charge in [-0.25, -0.2) is 9.18 Å². The molecule has 0 bridgehead atoms. The van der Waals surface area contributed by atoms with Gasteiger partial charge < -0.3 is 15.7 Å². The molecule has 4 nitrogen and oxygen atoms in total. The van der Waals surface area contributed by atoms with Crippen LogP contribution in [0.3, 0.4) is 0 Å². The van der Waals surface area contributed by atoms with E-state index in [4.69, 9.17) is 0 Å². The van der Waals surface area contributed by atoms with Crippen molar-refractivity contribution < 1.29 is 14.3 Å². The van der Waals surface area contributed by atoms with E-state index in [-0.39, 0.29) is 18.4 Å². The number of carbonyl (C=O) groups is 1. The molecule has 0 fully saturated rings. The number of aliphatic hydroxyl groups is 1. The lowest BCUT2D eigenvalue weighted by atomic mass is 10.1. The second-order valence-corrected chi connectivity index (χ2v) is 6.03. The van der Waals surface area contributed by atoms with Crippen molar-refractivity contribution in [1.82, 2.24) is 10.6 Å². The first kappa shape index (κ1) is 17.3. The van der Waals surface area contributed by atoms with Crippen LogP contribution in [0.15, 0.2) is 59.5 Å². The minimum absolute atomic E-state index is 0.0727. The number of rotatable bonds is 7. The summed E-state index contributed by atoms with van der Waals surface area (Å²) in [7, 11) is 0. The van der Waals surface area contributed by atoms with Crippen LogP contribution in [0.5, 0.6) is 0 Å². The highest BCUT2D eigenvalue weighted by Crippen LogP contribution is 2.15. The summed E-state index contributed by atoms with van der Waals surface area (Å²) in [6.45, 7) is 0.599. The van der Waals surface area contributed by atoms with Gasteiger partial charge in [0.25, 0.3) is 0 Å². The molecule has 0 aliphatic heterocycles. The average Bonchev–Trinajstić information content (AvgIpc) is 2.58. The molecule has 2 aromatic rings. The maximum atomic E-state index is 12.8. The number of benzene rings is 2. The molecule has 0 aliphatic carbocycles. The maximum Gasteiger partial charge on any atom is 0.314 e. The molecule has 0 radical (unpaired) electrons. The van der Waals surface area contributed by atoms with Crippen LogP contribution in [0.25, 0.3) is 0 Å². The molecule has 122 valence electrons. The monoisotopic (exact) mass is 334 g/mol. The van der Waals surface area contributed by atoms with E-state index in [0.717, 1.165) is 10.6 Å². The van der Waals surface area contributed by atoms with E-state index in [1.807, 2.05) is 30.3 Å². The largest absolute Gasteiger partial charge is 0.387 e. The van der Waals surface area contributed by atoms with Gasteiger partial charge in [0.05, 0.1) is 6.10 Å². The smallest absolute Gasteiger partial charge is 0.314 e. The number of amides is 2. The Morgan fingerprint density at radius 3 is 2.48 bits per heavy atom. The molecule has 0 heterocycles. The van der Waals surface area contributed by atoms with Crippen LogP contribution in [0.4, 0.5) is 9.18 Å². The highest BCUT2D eigenvalue weighted by molar-refractivity contribution is 7.99. The summed E-state index contributed by atoms with van der Waals surface area (Å²) < 4.78 is 12.8. The van der Waals surface area contributed by atoms with Crippen LogP contribution in [0.1, 0.15) is 11.7 Å². The topological polar surface area (TPSA) is 61.4 Å². The van der Waals surface area contributed by atoms with E-state index in [0.29, 0.717) is 12.1 Å². The summed E-state index contributed by atoms with van der Waals surface area (Å²) in [4.78, 5) is 12.8. The fraction of sp³-hybridized carbons (Fsp3) is 0.235. The van der Waals surface area contributed by atoms with E-state index in [1.165, 1.54) is 24.3 Å². The van der Waals surface area contributed by atoms with E-state index >= 15 is 0 Å². The second kappa shape index (κ2) is 9.17. The average molecular weight is 334 g/mol. The van der Waals surface area contributed by atoms with Gasteiger partial charge in [-0.3, -0.25) is 0 Å². The molecule has 0 aliphatic rings. The summed E-state index contributed by atoms with van der Waals surface area (Å²) in [6, 6.07) is 15.2. The predicted molar refractivity (Wildman–Crippen MR) is 89.9 cm³/mol. The molecular weight excluding hydrogens is 315 g/mol. The second-order valence-electron chi connectivity index (χ2n) is 4.87. The number of thioether (sulfide) groups is 1. The number of aliphatic hydroxyl groups excluding tert-OH is 1. The van der Waals surface area contributed by atoms with Gasteiger partial charge in [0.2, 0.25) is 0 Å². The van der Waals surface area contributed by atoms with Crippen molar-refractivity contribution in [2.24, 2.45) is 0 Å². The fourth-order valence-corrected chi connectivity index (χ4v) is 2.69. The predicted octanol–water partition coefficient (Wildman–Crippen LogP) is 2.95. The summed E-state index contributed by atoms with van der Waals surface area (Å²) in [5.74, 6) is 0.403. The highest BCUT2D eigenvalue weighted by atomic mass is 32.2. The Kier molecular flexibility index (Phi) is 6.90. The van der Waals surface area contributed by atoms with Crippen molar-refractivity contribution in [3.8, 4) is 0 Å². The number of halogens is 1. The van der Waals surface area contributed by atoms with Gasteiger partial charge in [-0.2, -0.15) is 0 Å². The molecule has 0 saturated carbocycles. The summed E-state index contributed by atoms with van der Waals surface area (Å²) in [5, 5.41) is 15.2. The van der Waals surface area contributed by atoms with Crippen LogP contribution < -0.4 is 10.6 Å². The van der Waals surface area contributed by atoms with E-state index in [2.05, 4.69) is 10.6 Å². The number of urea groups is 1. The van der Waals surface area contributed by atoms with Crippen molar-refractivity contribution in [3.05, 3.63) is 66.0 Å².